The molecule has 0 aromatic rings. The van der Waals surface area contributed by atoms with Gasteiger partial charge in [0, 0.05) is 0 Å². The SMILES string of the molecule is CCC(C)C(C)C=C[N+](=O)[O-]. The first-order valence-electron chi connectivity index (χ1n) is 3.89. The molecule has 0 rings (SSSR count). The largest absolute Gasteiger partial charge is 0.259 e. The van der Waals surface area contributed by atoms with Crippen LogP contribution in [0.25, 0.3) is 0 Å². The van der Waals surface area contributed by atoms with E-state index in [1.165, 1.54) is 0 Å². The third-order valence-electron chi connectivity index (χ3n) is 2.05. The van der Waals surface area contributed by atoms with Gasteiger partial charge < -0.3 is 0 Å². The molecule has 0 radical (unpaired) electrons. The zero-order chi connectivity index (χ0) is 8.85. The summed E-state index contributed by atoms with van der Waals surface area (Å²) in [4.78, 5) is 9.52. The Balaban J connectivity index is 3.85. The molecule has 0 fully saturated rings. The summed E-state index contributed by atoms with van der Waals surface area (Å²) in [5.41, 5.74) is 0. The van der Waals surface area contributed by atoms with E-state index in [0.29, 0.717) is 11.8 Å². The van der Waals surface area contributed by atoms with Crippen LogP contribution in [0.5, 0.6) is 0 Å². The summed E-state index contributed by atoms with van der Waals surface area (Å²) in [6.07, 6.45) is 3.73. The quantitative estimate of drug-likeness (QED) is 0.464. The molecule has 3 heteroatoms. The first-order valence-corrected chi connectivity index (χ1v) is 3.89. The van der Waals surface area contributed by atoms with E-state index >= 15 is 0 Å². The van der Waals surface area contributed by atoms with Crippen molar-refractivity contribution in [1.82, 2.24) is 0 Å². The van der Waals surface area contributed by atoms with Crippen LogP contribution in [0.15, 0.2) is 12.3 Å². The van der Waals surface area contributed by atoms with E-state index in [9.17, 15) is 10.1 Å². The summed E-state index contributed by atoms with van der Waals surface area (Å²) in [5.74, 6) is 0.816. The number of hydrogen-bond acceptors (Lipinski definition) is 2. The highest BCUT2D eigenvalue weighted by Crippen LogP contribution is 2.15. The normalized spacial score (nSPS) is 16.6. The Labute approximate surface area is 67.3 Å². The summed E-state index contributed by atoms with van der Waals surface area (Å²) >= 11 is 0. The van der Waals surface area contributed by atoms with Gasteiger partial charge in [0.05, 0.1) is 4.92 Å². The van der Waals surface area contributed by atoms with E-state index in [0.717, 1.165) is 12.6 Å². The van der Waals surface area contributed by atoms with Gasteiger partial charge in [-0.2, -0.15) is 0 Å². The predicted octanol–water partition coefficient (Wildman–Crippen LogP) is 2.46. The molecule has 3 nitrogen and oxygen atoms in total. The fraction of sp³-hybridized carbons (Fsp3) is 0.750. The van der Waals surface area contributed by atoms with Gasteiger partial charge in [-0.15, -0.1) is 0 Å². The fourth-order valence-electron chi connectivity index (χ4n) is 0.767. The van der Waals surface area contributed by atoms with Crippen LogP contribution in [0.4, 0.5) is 0 Å². The van der Waals surface area contributed by atoms with E-state index < -0.39 is 4.92 Å². The van der Waals surface area contributed by atoms with Crippen molar-refractivity contribution in [2.45, 2.75) is 27.2 Å². The molecule has 0 heterocycles. The minimum atomic E-state index is -0.418. The molecule has 0 aliphatic rings. The van der Waals surface area contributed by atoms with Crippen molar-refractivity contribution in [3.8, 4) is 0 Å². The Morgan fingerprint density at radius 3 is 2.45 bits per heavy atom. The topological polar surface area (TPSA) is 43.1 Å². The Morgan fingerprint density at radius 1 is 1.55 bits per heavy atom. The van der Waals surface area contributed by atoms with Gasteiger partial charge in [0.25, 0.3) is 0 Å². The molecule has 0 aliphatic heterocycles. The first kappa shape index (κ1) is 10.1. The van der Waals surface area contributed by atoms with Gasteiger partial charge in [0.1, 0.15) is 0 Å². The van der Waals surface area contributed by atoms with Crippen LogP contribution in [-0.4, -0.2) is 4.92 Å². The van der Waals surface area contributed by atoms with E-state index in [2.05, 4.69) is 13.8 Å². The van der Waals surface area contributed by atoms with Crippen LogP contribution >= 0.6 is 0 Å². The molecule has 11 heavy (non-hydrogen) atoms. The molecule has 0 saturated heterocycles. The van der Waals surface area contributed by atoms with Crippen molar-refractivity contribution < 1.29 is 4.92 Å². The molecule has 0 amide bonds. The van der Waals surface area contributed by atoms with E-state index in [-0.39, 0.29) is 0 Å². The Hall–Kier alpha value is -0.860. The van der Waals surface area contributed by atoms with Crippen molar-refractivity contribution in [3.63, 3.8) is 0 Å². The second kappa shape index (κ2) is 4.88. The maximum atomic E-state index is 9.93. The highest BCUT2D eigenvalue weighted by molar-refractivity contribution is 4.82. The van der Waals surface area contributed by atoms with E-state index in [1.807, 2.05) is 6.92 Å². The molecule has 0 bridgehead atoms. The lowest BCUT2D eigenvalue weighted by Crippen LogP contribution is -2.03. The maximum absolute atomic E-state index is 9.93. The van der Waals surface area contributed by atoms with Gasteiger partial charge in [-0.1, -0.05) is 27.2 Å². The average Bonchev–Trinajstić information content (AvgIpc) is 1.98. The van der Waals surface area contributed by atoms with E-state index in [4.69, 9.17) is 0 Å². The van der Waals surface area contributed by atoms with Gasteiger partial charge >= 0.3 is 0 Å². The molecule has 0 spiro atoms. The zero-order valence-electron chi connectivity index (χ0n) is 7.28. The van der Waals surface area contributed by atoms with Crippen molar-refractivity contribution in [2.24, 2.45) is 11.8 Å². The van der Waals surface area contributed by atoms with Crippen molar-refractivity contribution in [2.75, 3.05) is 0 Å². The number of allylic oxidation sites excluding steroid dienone is 1. The van der Waals surface area contributed by atoms with Crippen LogP contribution in [0.1, 0.15) is 27.2 Å². The van der Waals surface area contributed by atoms with Gasteiger partial charge in [-0.3, -0.25) is 10.1 Å². The second-order valence-corrected chi connectivity index (χ2v) is 2.87. The molecule has 0 aromatic heterocycles. The summed E-state index contributed by atoms with van der Waals surface area (Å²) in [7, 11) is 0. The Bertz CT molecular complexity index is 154. The number of rotatable bonds is 4. The lowest BCUT2D eigenvalue weighted by atomic mass is 9.94. The van der Waals surface area contributed by atoms with Crippen LogP contribution < -0.4 is 0 Å². The smallest absolute Gasteiger partial charge is 0.230 e. The van der Waals surface area contributed by atoms with E-state index in [1.54, 1.807) is 6.08 Å². The third kappa shape index (κ3) is 4.53. The molecule has 0 aromatic carbocycles. The number of hydrogen-bond donors (Lipinski definition) is 0. The average molecular weight is 157 g/mol. The summed E-state index contributed by atoms with van der Waals surface area (Å²) in [5, 5.41) is 9.93. The lowest BCUT2D eigenvalue weighted by Gasteiger charge is -2.11. The van der Waals surface area contributed by atoms with Crippen molar-refractivity contribution in [3.05, 3.63) is 22.4 Å². The van der Waals surface area contributed by atoms with Gasteiger partial charge in [0.2, 0.25) is 6.20 Å². The molecular weight excluding hydrogens is 142 g/mol. The highest BCUT2D eigenvalue weighted by atomic mass is 16.6. The van der Waals surface area contributed by atoms with Crippen molar-refractivity contribution >= 4 is 0 Å². The molecule has 64 valence electrons. The van der Waals surface area contributed by atoms with Gasteiger partial charge in [0.15, 0.2) is 0 Å². The summed E-state index contributed by atoms with van der Waals surface area (Å²) in [6, 6.07) is 0. The monoisotopic (exact) mass is 157 g/mol. The molecule has 2 unspecified atom stereocenters. The van der Waals surface area contributed by atoms with Crippen LogP contribution in [0.2, 0.25) is 0 Å². The Kier molecular flexibility index (Phi) is 4.50. The summed E-state index contributed by atoms with van der Waals surface area (Å²) in [6.45, 7) is 6.17. The third-order valence-corrected chi connectivity index (χ3v) is 2.05. The summed E-state index contributed by atoms with van der Waals surface area (Å²) < 4.78 is 0. The Morgan fingerprint density at radius 2 is 2.09 bits per heavy atom. The molecule has 0 N–H and O–H groups in total. The molecule has 0 saturated carbocycles. The molecule has 0 aliphatic carbocycles. The fourth-order valence-corrected chi connectivity index (χ4v) is 0.767. The van der Waals surface area contributed by atoms with Crippen molar-refractivity contribution in [1.29, 1.82) is 0 Å². The lowest BCUT2D eigenvalue weighted by molar-refractivity contribution is -0.402. The minimum absolute atomic E-state index is 0.297. The first-order chi connectivity index (χ1) is 5.07. The number of nitrogens with zero attached hydrogens (tertiary/aromatic N) is 1. The predicted molar refractivity (Wildman–Crippen MR) is 44.8 cm³/mol. The minimum Gasteiger partial charge on any atom is -0.259 e. The standard InChI is InChI=1S/C8H15NO2/c1-4-7(2)8(3)5-6-9(10)11/h5-8H,4H2,1-3H3. The molecular formula is C8H15NO2. The molecule has 2 atom stereocenters. The zero-order valence-corrected chi connectivity index (χ0v) is 7.28. The van der Waals surface area contributed by atoms with Gasteiger partial charge in [-0.25, -0.2) is 0 Å². The van der Waals surface area contributed by atoms with Crippen LogP contribution in [-0.2, 0) is 0 Å². The van der Waals surface area contributed by atoms with Gasteiger partial charge in [-0.05, 0) is 17.9 Å². The second-order valence-electron chi connectivity index (χ2n) is 2.87. The highest BCUT2D eigenvalue weighted by Gasteiger charge is 2.06. The number of nitro groups is 1. The maximum Gasteiger partial charge on any atom is 0.230 e. The van der Waals surface area contributed by atoms with Crippen LogP contribution in [0, 0.1) is 22.0 Å². The van der Waals surface area contributed by atoms with Crippen LogP contribution in [0.3, 0.4) is 0 Å².